The molecule has 19 heavy (non-hydrogen) atoms. The Bertz CT molecular complexity index is 382. The first-order chi connectivity index (χ1) is 9.22. The Kier molecular flexibility index (Phi) is 7.18. The highest BCUT2D eigenvalue weighted by Gasteiger charge is 2.09. The summed E-state index contributed by atoms with van der Waals surface area (Å²) in [5, 5.41) is 6.62. The topological polar surface area (TPSA) is 59.1 Å². The molecule has 5 heteroatoms. The lowest BCUT2D eigenvalue weighted by atomic mass is 10.2. The third-order valence-electron chi connectivity index (χ3n) is 2.75. The first-order valence-corrected chi connectivity index (χ1v) is 7.15. The fraction of sp³-hybridized carbons (Fsp3) is 0.714. The normalized spacial score (nSPS) is 10.5. The van der Waals surface area contributed by atoms with Gasteiger partial charge >= 0.3 is 0 Å². The maximum atomic E-state index is 5.33. The van der Waals surface area contributed by atoms with Gasteiger partial charge in [-0.25, -0.2) is 9.97 Å². The van der Waals surface area contributed by atoms with Crippen LogP contribution in [-0.4, -0.2) is 36.3 Å². The largest absolute Gasteiger partial charge is 0.380 e. The third-order valence-corrected chi connectivity index (χ3v) is 2.75. The predicted octanol–water partition coefficient (Wildman–Crippen LogP) is 2.62. The van der Waals surface area contributed by atoms with Crippen molar-refractivity contribution in [2.24, 2.45) is 0 Å². The lowest BCUT2D eigenvalue weighted by Crippen LogP contribution is -2.14. The van der Waals surface area contributed by atoms with Crippen LogP contribution in [0.3, 0.4) is 0 Å². The van der Waals surface area contributed by atoms with Gasteiger partial charge in [-0.2, -0.15) is 0 Å². The summed E-state index contributed by atoms with van der Waals surface area (Å²) in [6.45, 7) is 11.3. The van der Waals surface area contributed by atoms with Crippen molar-refractivity contribution in [3.05, 3.63) is 11.4 Å². The Morgan fingerprint density at radius 2 is 1.74 bits per heavy atom. The van der Waals surface area contributed by atoms with Gasteiger partial charge in [-0.1, -0.05) is 6.92 Å². The van der Waals surface area contributed by atoms with E-state index in [1.807, 2.05) is 13.8 Å². The van der Waals surface area contributed by atoms with Crippen molar-refractivity contribution in [2.75, 3.05) is 36.9 Å². The second-order valence-corrected chi connectivity index (χ2v) is 4.37. The summed E-state index contributed by atoms with van der Waals surface area (Å²) in [5.74, 6) is 2.73. The van der Waals surface area contributed by atoms with E-state index in [1.165, 1.54) is 0 Å². The maximum absolute atomic E-state index is 5.33. The van der Waals surface area contributed by atoms with Crippen LogP contribution in [-0.2, 0) is 11.2 Å². The molecule has 0 aliphatic heterocycles. The van der Waals surface area contributed by atoms with Crippen molar-refractivity contribution in [3.63, 3.8) is 0 Å². The highest BCUT2D eigenvalue weighted by molar-refractivity contribution is 5.57. The summed E-state index contributed by atoms with van der Waals surface area (Å²) in [4.78, 5) is 9.15. The number of rotatable bonds is 9. The standard InChI is InChI=1S/C14H26N4O/c1-5-8-12-17-13(15-6-2)11(4)14(18-12)16-9-10-19-7-3/h5-10H2,1-4H3,(H2,15,16,17,18). The van der Waals surface area contributed by atoms with Crippen LogP contribution in [0.5, 0.6) is 0 Å². The minimum absolute atomic E-state index is 0.694. The highest BCUT2D eigenvalue weighted by Crippen LogP contribution is 2.20. The molecule has 0 radical (unpaired) electrons. The van der Waals surface area contributed by atoms with Crippen LogP contribution in [0, 0.1) is 6.92 Å². The van der Waals surface area contributed by atoms with Crippen LogP contribution in [0.4, 0.5) is 11.6 Å². The first kappa shape index (κ1) is 15.7. The molecular formula is C14H26N4O. The average molecular weight is 266 g/mol. The number of nitrogens with one attached hydrogen (secondary N) is 2. The Hall–Kier alpha value is -1.36. The van der Waals surface area contributed by atoms with Gasteiger partial charge in [-0.05, 0) is 27.2 Å². The summed E-state index contributed by atoms with van der Waals surface area (Å²) in [5.41, 5.74) is 1.07. The lowest BCUT2D eigenvalue weighted by Gasteiger charge is -2.14. The molecule has 0 spiro atoms. The first-order valence-electron chi connectivity index (χ1n) is 7.15. The molecule has 0 saturated carbocycles. The molecule has 1 heterocycles. The summed E-state index contributed by atoms with van der Waals surface area (Å²) < 4.78 is 5.33. The number of aromatic nitrogens is 2. The molecule has 2 N–H and O–H groups in total. The summed E-state index contributed by atoms with van der Waals surface area (Å²) in [6.07, 6.45) is 1.95. The van der Waals surface area contributed by atoms with Crippen LogP contribution in [0.1, 0.15) is 38.6 Å². The Labute approximate surface area is 116 Å². The van der Waals surface area contributed by atoms with E-state index in [-0.39, 0.29) is 0 Å². The van der Waals surface area contributed by atoms with Crippen molar-refractivity contribution in [1.82, 2.24) is 9.97 Å². The summed E-state index contributed by atoms with van der Waals surface area (Å²) >= 11 is 0. The van der Waals surface area contributed by atoms with Gasteiger partial charge in [-0.3, -0.25) is 0 Å². The Balaban J connectivity index is 2.80. The minimum atomic E-state index is 0.694. The van der Waals surface area contributed by atoms with Crippen molar-refractivity contribution in [3.8, 4) is 0 Å². The fourth-order valence-corrected chi connectivity index (χ4v) is 1.80. The molecule has 0 fully saturated rings. The molecule has 1 aromatic heterocycles. The van der Waals surface area contributed by atoms with Crippen molar-refractivity contribution in [2.45, 2.75) is 40.5 Å². The average Bonchev–Trinajstić information content (AvgIpc) is 2.40. The van der Waals surface area contributed by atoms with Crippen molar-refractivity contribution >= 4 is 11.6 Å². The van der Waals surface area contributed by atoms with Crippen LogP contribution < -0.4 is 10.6 Å². The zero-order chi connectivity index (χ0) is 14.1. The van der Waals surface area contributed by atoms with E-state index in [1.54, 1.807) is 0 Å². The highest BCUT2D eigenvalue weighted by atomic mass is 16.5. The van der Waals surface area contributed by atoms with E-state index >= 15 is 0 Å². The Morgan fingerprint density at radius 1 is 1.05 bits per heavy atom. The second-order valence-electron chi connectivity index (χ2n) is 4.37. The molecule has 0 aliphatic carbocycles. The molecule has 0 aromatic carbocycles. The predicted molar refractivity (Wildman–Crippen MR) is 79.9 cm³/mol. The van der Waals surface area contributed by atoms with E-state index in [9.17, 15) is 0 Å². The molecule has 0 atom stereocenters. The van der Waals surface area contributed by atoms with Crippen LogP contribution in [0.15, 0.2) is 0 Å². The van der Waals surface area contributed by atoms with Crippen molar-refractivity contribution in [1.29, 1.82) is 0 Å². The summed E-state index contributed by atoms with van der Waals surface area (Å²) in [7, 11) is 0. The number of ether oxygens (including phenoxy) is 1. The van der Waals surface area contributed by atoms with E-state index in [0.29, 0.717) is 6.61 Å². The molecule has 5 nitrogen and oxygen atoms in total. The Morgan fingerprint density at radius 3 is 2.32 bits per heavy atom. The molecule has 0 bridgehead atoms. The zero-order valence-corrected chi connectivity index (χ0v) is 12.5. The zero-order valence-electron chi connectivity index (χ0n) is 12.5. The lowest BCUT2D eigenvalue weighted by molar-refractivity contribution is 0.158. The molecule has 1 rings (SSSR count). The van der Waals surface area contributed by atoms with E-state index in [2.05, 4.69) is 34.4 Å². The van der Waals surface area contributed by atoms with Gasteiger partial charge in [0.05, 0.1) is 6.61 Å². The number of hydrogen-bond acceptors (Lipinski definition) is 5. The van der Waals surface area contributed by atoms with Gasteiger partial charge in [-0.15, -0.1) is 0 Å². The SMILES string of the molecule is CCCc1nc(NCC)c(C)c(NCCOCC)n1. The maximum Gasteiger partial charge on any atom is 0.134 e. The fourth-order valence-electron chi connectivity index (χ4n) is 1.80. The van der Waals surface area contributed by atoms with Gasteiger partial charge in [0, 0.05) is 31.7 Å². The number of anilines is 2. The smallest absolute Gasteiger partial charge is 0.134 e. The van der Waals surface area contributed by atoms with Crippen LogP contribution in [0.25, 0.3) is 0 Å². The van der Waals surface area contributed by atoms with Gasteiger partial charge in [0.1, 0.15) is 17.5 Å². The second kappa shape index (κ2) is 8.69. The minimum Gasteiger partial charge on any atom is -0.380 e. The molecule has 1 aromatic rings. The molecule has 0 saturated heterocycles. The van der Waals surface area contributed by atoms with Gasteiger partial charge in [0.15, 0.2) is 0 Å². The molecule has 0 amide bonds. The molecule has 0 aliphatic rings. The molecule has 108 valence electrons. The number of hydrogen-bond donors (Lipinski definition) is 2. The van der Waals surface area contributed by atoms with Crippen LogP contribution >= 0.6 is 0 Å². The van der Waals surface area contributed by atoms with E-state index < -0.39 is 0 Å². The quantitative estimate of drug-likeness (QED) is 0.673. The summed E-state index contributed by atoms with van der Waals surface area (Å²) in [6, 6.07) is 0. The number of nitrogens with zero attached hydrogens (tertiary/aromatic N) is 2. The van der Waals surface area contributed by atoms with E-state index in [4.69, 9.17) is 4.74 Å². The molecular weight excluding hydrogens is 240 g/mol. The number of aryl methyl sites for hydroxylation is 1. The van der Waals surface area contributed by atoms with Gasteiger partial charge < -0.3 is 15.4 Å². The monoisotopic (exact) mass is 266 g/mol. The van der Waals surface area contributed by atoms with Gasteiger partial charge in [0.2, 0.25) is 0 Å². The third kappa shape index (κ3) is 5.03. The van der Waals surface area contributed by atoms with Gasteiger partial charge in [0.25, 0.3) is 0 Å². The molecule has 0 unspecified atom stereocenters. The van der Waals surface area contributed by atoms with Crippen molar-refractivity contribution < 1.29 is 4.74 Å². The van der Waals surface area contributed by atoms with E-state index in [0.717, 1.165) is 55.6 Å². The van der Waals surface area contributed by atoms with Crippen LogP contribution in [0.2, 0.25) is 0 Å².